The van der Waals surface area contributed by atoms with Gasteiger partial charge in [0.15, 0.2) is 5.82 Å². The summed E-state index contributed by atoms with van der Waals surface area (Å²) in [4.78, 5) is 17.6. The van der Waals surface area contributed by atoms with Crippen molar-refractivity contribution in [1.29, 1.82) is 0 Å². The maximum atomic E-state index is 11.1. The minimum atomic E-state index is -0.742. The largest absolute Gasteiger partial charge is 0.481 e. The van der Waals surface area contributed by atoms with Gasteiger partial charge in [-0.05, 0) is 37.6 Å². The van der Waals surface area contributed by atoms with Crippen LogP contribution in [0.15, 0.2) is 28.8 Å². The maximum Gasteiger partial charge on any atom is 0.307 e. The molecule has 6 nitrogen and oxygen atoms in total. The third-order valence-electron chi connectivity index (χ3n) is 4.23. The molecular formula is C16H18ClN3O3. The molecule has 1 N–H and O–H groups in total. The van der Waals surface area contributed by atoms with Crippen molar-refractivity contribution in [3.05, 3.63) is 46.6 Å². The van der Waals surface area contributed by atoms with E-state index in [4.69, 9.17) is 21.2 Å². The first-order valence-corrected chi connectivity index (χ1v) is 7.94. The number of carboxylic acids is 1. The van der Waals surface area contributed by atoms with Gasteiger partial charge in [0.1, 0.15) is 0 Å². The Kier molecular flexibility index (Phi) is 4.63. The molecule has 2 unspecified atom stereocenters. The van der Waals surface area contributed by atoms with Gasteiger partial charge in [-0.2, -0.15) is 4.98 Å². The highest BCUT2D eigenvalue weighted by molar-refractivity contribution is 6.30. The molecule has 7 heteroatoms. The summed E-state index contributed by atoms with van der Waals surface area (Å²) in [6, 6.07) is 7.44. The normalized spacial score (nSPS) is 19.8. The highest BCUT2D eigenvalue weighted by Crippen LogP contribution is 2.26. The number of carboxylic acid groups (broad SMARTS) is 1. The van der Waals surface area contributed by atoms with Crippen molar-refractivity contribution < 1.29 is 14.4 Å². The average molecular weight is 336 g/mol. The minimum absolute atomic E-state index is 0.0779. The van der Waals surface area contributed by atoms with Crippen molar-refractivity contribution >= 4 is 17.6 Å². The zero-order valence-electron chi connectivity index (χ0n) is 12.8. The van der Waals surface area contributed by atoms with E-state index in [-0.39, 0.29) is 12.0 Å². The van der Waals surface area contributed by atoms with Crippen molar-refractivity contribution in [2.75, 3.05) is 13.1 Å². The van der Waals surface area contributed by atoms with Gasteiger partial charge in [-0.3, -0.25) is 9.69 Å². The van der Waals surface area contributed by atoms with E-state index in [2.05, 4.69) is 15.0 Å². The van der Waals surface area contributed by atoms with Gasteiger partial charge >= 0.3 is 5.97 Å². The molecule has 1 fully saturated rings. The lowest BCUT2D eigenvalue weighted by Gasteiger charge is -2.20. The highest BCUT2D eigenvalue weighted by atomic mass is 35.5. The summed E-state index contributed by atoms with van der Waals surface area (Å²) in [5.41, 5.74) is 1.06. The Hall–Kier alpha value is -1.92. The van der Waals surface area contributed by atoms with Gasteiger partial charge < -0.3 is 9.63 Å². The van der Waals surface area contributed by atoms with Crippen LogP contribution in [0.4, 0.5) is 0 Å². The van der Waals surface area contributed by atoms with Gasteiger partial charge in [-0.25, -0.2) is 0 Å². The topological polar surface area (TPSA) is 79.5 Å². The van der Waals surface area contributed by atoms with Crippen molar-refractivity contribution in [3.63, 3.8) is 0 Å². The SMILES string of the molecule is CC(c1nc(Cc2ccc(Cl)cc2)no1)N1CCC(C(=O)O)C1. The van der Waals surface area contributed by atoms with E-state index in [1.54, 1.807) is 0 Å². The fourth-order valence-corrected chi connectivity index (χ4v) is 2.92. The summed E-state index contributed by atoms with van der Waals surface area (Å²) in [6.45, 7) is 3.21. The number of hydrogen-bond acceptors (Lipinski definition) is 5. The molecule has 1 aliphatic heterocycles. The van der Waals surface area contributed by atoms with Crippen LogP contribution in [0.3, 0.4) is 0 Å². The molecule has 0 amide bonds. The Morgan fingerprint density at radius 1 is 1.48 bits per heavy atom. The molecule has 0 bridgehead atoms. The molecule has 2 heterocycles. The predicted octanol–water partition coefficient (Wildman–Crippen LogP) is 2.78. The fraction of sp³-hybridized carbons (Fsp3) is 0.438. The average Bonchev–Trinajstić information content (AvgIpc) is 3.18. The number of likely N-dealkylation sites (tertiary alicyclic amines) is 1. The van der Waals surface area contributed by atoms with Crippen molar-refractivity contribution in [3.8, 4) is 0 Å². The molecule has 122 valence electrons. The van der Waals surface area contributed by atoms with E-state index in [1.807, 2.05) is 31.2 Å². The third-order valence-corrected chi connectivity index (χ3v) is 4.49. The summed E-state index contributed by atoms with van der Waals surface area (Å²) in [5.74, 6) is 0.0886. The number of benzene rings is 1. The van der Waals surface area contributed by atoms with Crippen LogP contribution in [0.25, 0.3) is 0 Å². The Labute approximate surface area is 139 Å². The van der Waals surface area contributed by atoms with Gasteiger partial charge in [0, 0.05) is 18.0 Å². The first-order chi connectivity index (χ1) is 11.0. The lowest BCUT2D eigenvalue weighted by atomic mass is 10.1. The van der Waals surface area contributed by atoms with Gasteiger partial charge in [0.25, 0.3) is 0 Å². The number of hydrogen-bond donors (Lipinski definition) is 1. The quantitative estimate of drug-likeness (QED) is 0.905. The molecule has 1 aromatic carbocycles. The van der Waals surface area contributed by atoms with Crippen molar-refractivity contribution in [2.24, 2.45) is 5.92 Å². The van der Waals surface area contributed by atoms with Crippen molar-refractivity contribution in [1.82, 2.24) is 15.0 Å². The molecule has 0 radical (unpaired) electrons. The van der Waals surface area contributed by atoms with Crippen LogP contribution >= 0.6 is 11.6 Å². The van der Waals surface area contributed by atoms with Crippen LogP contribution in [0.5, 0.6) is 0 Å². The molecule has 3 rings (SSSR count). The molecule has 1 aromatic heterocycles. The third kappa shape index (κ3) is 3.71. The Morgan fingerprint density at radius 2 is 2.22 bits per heavy atom. The van der Waals surface area contributed by atoms with Gasteiger partial charge in [0.05, 0.1) is 12.0 Å². The summed E-state index contributed by atoms with van der Waals surface area (Å²) >= 11 is 5.87. The van der Waals surface area contributed by atoms with E-state index in [1.165, 1.54) is 0 Å². The summed E-state index contributed by atoms with van der Waals surface area (Å²) in [6.07, 6.45) is 1.23. The number of nitrogens with zero attached hydrogens (tertiary/aromatic N) is 3. The van der Waals surface area contributed by atoms with E-state index in [0.29, 0.717) is 36.1 Å². The molecule has 1 aliphatic rings. The molecule has 2 aromatic rings. The van der Waals surface area contributed by atoms with Crippen LogP contribution in [0.2, 0.25) is 5.02 Å². The molecule has 0 saturated carbocycles. The number of aliphatic carboxylic acids is 1. The molecular weight excluding hydrogens is 318 g/mol. The van der Waals surface area contributed by atoms with E-state index >= 15 is 0 Å². The molecule has 1 saturated heterocycles. The van der Waals surface area contributed by atoms with Crippen LogP contribution in [-0.2, 0) is 11.2 Å². The summed E-state index contributed by atoms with van der Waals surface area (Å²) in [5, 5.41) is 13.8. The van der Waals surface area contributed by atoms with Crippen LogP contribution in [-0.4, -0.2) is 39.2 Å². The monoisotopic (exact) mass is 335 g/mol. The lowest BCUT2D eigenvalue weighted by molar-refractivity contribution is -0.141. The first kappa shape index (κ1) is 16.0. The predicted molar refractivity (Wildman–Crippen MR) is 84.3 cm³/mol. The van der Waals surface area contributed by atoms with Gasteiger partial charge in [0.2, 0.25) is 5.89 Å². The summed E-state index contributed by atoms with van der Waals surface area (Å²) in [7, 11) is 0. The fourth-order valence-electron chi connectivity index (χ4n) is 2.79. The van der Waals surface area contributed by atoms with Crippen LogP contribution < -0.4 is 0 Å². The second kappa shape index (κ2) is 6.68. The summed E-state index contributed by atoms with van der Waals surface area (Å²) < 4.78 is 5.35. The maximum absolute atomic E-state index is 11.1. The first-order valence-electron chi connectivity index (χ1n) is 7.56. The Morgan fingerprint density at radius 3 is 2.87 bits per heavy atom. The smallest absolute Gasteiger partial charge is 0.307 e. The number of halogens is 1. The minimum Gasteiger partial charge on any atom is -0.481 e. The second-order valence-electron chi connectivity index (χ2n) is 5.85. The zero-order valence-corrected chi connectivity index (χ0v) is 13.5. The van der Waals surface area contributed by atoms with E-state index in [9.17, 15) is 4.79 Å². The molecule has 2 atom stereocenters. The Bertz CT molecular complexity index is 686. The number of aromatic nitrogens is 2. The lowest BCUT2D eigenvalue weighted by Crippen LogP contribution is -2.26. The van der Waals surface area contributed by atoms with Gasteiger partial charge in [-0.1, -0.05) is 28.9 Å². The van der Waals surface area contributed by atoms with E-state index < -0.39 is 5.97 Å². The standard InChI is InChI=1S/C16H18ClN3O3/c1-10(20-7-6-12(9-20)16(21)22)15-18-14(19-23-15)8-11-2-4-13(17)5-3-11/h2-5,10,12H,6-9H2,1H3,(H,21,22). The molecule has 23 heavy (non-hydrogen) atoms. The molecule has 0 spiro atoms. The number of rotatable bonds is 5. The van der Waals surface area contributed by atoms with Crippen LogP contribution in [0.1, 0.15) is 36.7 Å². The molecule has 0 aliphatic carbocycles. The Balaban J connectivity index is 1.64. The second-order valence-corrected chi connectivity index (χ2v) is 6.28. The van der Waals surface area contributed by atoms with Crippen molar-refractivity contribution in [2.45, 2.75) is 25.8 Å². The van der Waals surface area contributed by atoms with Gasteiger partial charge in [-0.15, -0.1) is 0 Å². The van der Waals surface area contributed by atoms with E-state index in [0.717, 1.165) is 12.1 Å². The van der Waals surface area contributed by atoms with Crippen LogP contribution in [0, 0.1) is 5.92 Å². The number of carbonyl (C=O) groups is 1. The highest BCUT2D eigenvalue weighted by Gasteiger charge is 2.33. The zero-order chi connectivity index (χ0) is 16.4.